The molecule has 6 nitrogen and oxygen atoms in total. The predicted molar refractivity (Wildman–Crippen MR) is 132 cm³/mol. The van der Waals surface area contributed by atoms with Gasteiger partial charge in [0.1, 0.15) is 10.9 Å². The lowest BCUT2D eigenvalue weighted by Gasteiger charge is -2.22. The van der Waals surface area contributed by atoms with Crippen molar-refractivity contribution in [1.82, 2.24) is 5.32 Å². The lowest BCUT2D eigenvalue weighted by molar-refractivity contribution is -0.120. The molecule has 1 atom stereocenters. The Morgan fingerprint density at radius 1 is 1.03 bits per heavy atom. The summed E-state index contributed by atoms with van der Waals surface area (Å²) in [5.41, 5.74) is 2.00. The molecule has 7 heteroatoms. The quantitative estimate of drug-likeness (QED) is 0.239. The van der Waals surface area contributed by atoms with Crippen LogP contribution in [0, 0.1) is 0 Å². The molecule has 1 aliphatic heterocycles. The largest absolute Gasteiger partial charge is 0.459 e. The van der Waals surface area contributed by atoms with E-state index in [1.807, 2.05) is 32.0 Å². The number of thiophene rings is 1. The second kappa shape index (κ2) is 12.0. The van der Waals surface area contributed by atoms with Crippen LogP contribution in [0.4, 0.5) is 10.5 Å². The van der Waals surface area contributed by atoms with Crippen molar-refractivity contribution in [3.8, 4) is 0 Å². The van der Waals surface area contributed by atoms with E-state index in [-0.39, 0.29) is 24.0 Å². The van der Waals surface area contributed by atoms with E-state index in [1.54, 1.807) is 11.0 Å². The van der Waals surface area contributed by atoms with E-state index in [4.69, 9.17) is 4.74 Å². The lowest BCUT2D eigenvalue weighted by Crippen LogP contribution is -2.35. The number of rotatable bonds is 12. The molecule has 0 radical (unpaired) electrons. The molecule has 1 saturated heterocycles. The van der Waals surface area contributed by atoms with Crippen LogP contribution in [-0.2, 0) is 22.4 Å². The van der Waals surface area contributed by atoms with Crippen molar-refractivity contribution in [3.63, 3.8) is 0 Å². The summed E-state index contributed by atoms with van der Waals surface area (Å²) >= 11 is 1.42. The van der Waals surface area contributed by atoms with Crippen LogP contribution in [-0.4, -0.2) is 30.1 Å². The highest BCUT2D eigenvalue weighted by Gasteiger charge is 2.38. The van der Waals surface area contributed by atoms with Gasteiger partial charge in [0.15, 0.2) is 0 Å². The zero-order valence-electron chi connectivity index (χ0n) is 19.8. The van der Waals surface area contributed by atoms with Crippen molar-refractivity contribution < 1.29 is 19.1 Å². The molecular weight excluding hydrogens is 436 g/mol. The molecule has 1 aliphatic rings. The Hall–Kier alpha value is -2.67. The average molecular weight is 471 g/mol. The molecule has 2 aromatic rings. The number of ether oxygens (including phenoxy) is 1. The summed E-state index contributed by atoms with van der Waals surface area (Å²) in [4.78, 5) is 40.2. The molecule has 0 aliphatic carbocycles. The minimum Gasteiger partial charge on any atom is -0.459 e. The van der Waals surface area contributed by atoms with Crippen molar-refractivity contribution in [2.45, 2.75) is 84.3 Å². The summed E-state index contributed by atoms with van der Waals surface area (Å²) in [6, 6.07) is 10.8. The molecule has 1 unspecified atom stereocenters. The predicted octanol–water partition coefficient (Wildman–Crippen LogP) is 5.88. The highest BCUT2D eigenvalue weighted by atomic mass is 32.1. The van der Waals surface area contributed by atoms with Crippen molar-refractivity contribution in [1.29, 1.82) is 0 Å². The van der Waals surface area contributed by atoms with Gasteiger partial charge in [-0.1, -0.05) is 38.3 Å². The number of urea groups is 1. The Bertz CT molecular complexity index is 951. The number of benzene rings is 1. The molecule has 3 rings (SSSR count). The molecule has 2 heterocycles. The highest BCUT2D eigenvalue weighted by Crippen LogP contribution is 2.26. The van der Waals surface area contributed by atoms with Crippen LogP contribution in [0.25, 0.3) is 0 Å². The number of carbonyl (C=O) groups excluding carboxylic acids is 3. The van der Waals surface area contributed by atoms with E-state index in [1.165, 1.54) is 36.2 Å². The standard InChI is InChI=1S/C26H34N2O4S/c1-4-5-6-7-9-19-12-14-20(15-13-19)28-22(24(29)27-26(28)31)11-8-10-21-16-17-23(33-21)25(30)32-18(2)3/h12-18,22H,4-11H2,1-3H3,(H,27,29,31). The van der Waals surface area contributed by atoms with E-state index in [0.29, 0.717) is 11.3 Å². The van der Waals surface area contributed by atoms with Gasteiger partial charge in [-0.3, -0.25) is 15.0 Å². The molecule has 1 aromatic carbocycles. The van der Waals surface area contributed by atoms with Gasteiger partial charge < -0.3 is 4.74 Å². The number of hydrogen-bond donors (Lipinski definition) is 1. The zero-order valence-corrected chi connectivity index (χ0v) is 20.6. The Balaban J connectivity index is 1.56. The highest BCUT2D eigenvalue weighted by molar-refractivity contribution is 7.13. The third-order valence-electron chi connectivity index (χ3n) is 5.70. The van der Waals surface area contributed by atoms with E-state index in [2.05, 4.69) is 24.4 Å². The van der Waals surface area contributed by atoms with E-state index in [9.17, 15) is 14.4 Å². The van der Waals surface area contributed by atoms with Gasteiger partial charge in [-0.2, -0.15) is 0 Å². The third-order valence-corrected chi connectivity index (χ3v) is 6.83. The van der Waals surface area contributed by atoms with Gasteiger partial charge in [-0.25, -0.2) is 9.59 Å². The van der Waals surface area contributed by atoms with Crippen LogP contribution < -0.4 is 10.2 Å². The second-order valence-electron chi connectivity index (χ2n) is 8.77. The Kier molecular flexibility index (Phi) is 9.06. The zero-order chi connectivity index (χ0) is 23.8. The van der Waals surface area contributed by atoms with Gasteiger partial charge in [-0.05, 0) is 75.8 Å². The number of imide groups is 1. The minimum atomic E-state index is -0.516. The van der Waals surface area contributed by atoms with Gasteiger partial charge in [0, 0.05) is 10.6 Å². The molecule has 1 fully saturated rings. The molecule has 1 aromatic heterocycles. The van der Waals surface area contributed by atoms with Gasteiger partial charge in [0.25, 0.3) is 5.91 Å². The fourth-order valence-electron chi connectivity index (χ4n) is 4.01. The molecule has 1 N–H and O–H groups in total. The van der Waals surface area contributed by atoms with Gasteiger partial charge >= 0.3 is 12.0 Å². The lowest BCUT2D eigenvalue weighted by atomic mass is 10.0. The fraction of sp³-hybridized carbons (Fsp3) is 0.500. The summed E-state index contributed by atoms with van der Waals surface area (Å²) in [6.45, 7) is 5.86. The number of unbranched alkanes of at least 4 members (excludes halogenated alkanes) is 3. The van der Waals surface area contributed by atoms with Crippen LogP contribution in [0.3, 0.4) is 0 Å². The van der Waals surface area contributed by atoms with Crippen LogP contribution in [0.5, 0.6) is 0 Å². The molecule has 178 valence electrons. The Morgan fingerprint density at radius 2 is 1.79 bits per heavy atom. The monoisotopic (exact) mass is 470 g/mol. The summed E-state index contributed by atoms with van der Waals surface area (Å²) in [5, 5.41) is 2.45. The van der Waals surface area contributed by atoms with Crippen LogP contribution in [0.1, 0.15) is 79.4 Å². The molecule has 33 heavy (non-hydrogen) atoms. The summed E-state index contributed by atoms with van der Waals surface area (Å²) in [7, 11) is 0. The molecule has 0 bridgehead atoms. The Morgan fingerprint density at radius 3 is 2.48 bits per heavy atom. The third kappa shape index (κ3) is 6.90. The average Bonchev–Trinajstić information content (AvgIpc) is 3.36. The maximum absolute atomic E-state index is 12.5. The van der Waals surface area contributed by atoms with E-state index >= 15 is 0 Å². The number of nitrogens with zero attached hydrogens (tertiary/aromatic N) is 1. The molecule has 3 amide bonds. The first-order valence-electron chi connectivity index (χ1n) is 11.9. The smallest absolute Gasteiger partial charge is 0.348 e. The van der Waals surface area contributed by atoms with E-state index in [0.717, 1.165) is 36.2 Å². The fourth-order valence-corrected chi connectivity index (χ4v) is 4.94. The number of esters is 1. The summed E-state index contributed by atoms with van der Waals surface area (Å²) < 4.78 is 5.24. The van der Waals surface area contributed by atoms with Gasteiger partial charge in [-0.15, -0.1) is 11.3 Å². The first-order valence-corrected chi connectivity index (χ1v) is 12.7. The van der Waals surface area contributed by atoms with Gasteiger partial charge in [0.05, 0.1) is 6.10 Å². The number of carbonyl (C=O) groups is 3. The minimum absolute atomic E-state index is 0.150. The second-order valence-corrected chi connectivity index (χ2v) is 9.94. The van der Waals surface area contributed by atoms with Crippen molar-refractivity contribution in [2.75, 3.05) is 4.90 Å². The molecule has 0 saturated carbocycles. The van der Waals surface area contributed by atoms with Crippen molar-refractivity contribution in [2.24, 2.45) is 0 Å². The first-order chi connectivity index (χ1) is 15.9. The number of amides is 3. The van der Waals surface area contributed by atoms with Crippen molar-refractivity contribution >= 4 is 34.9 Å². The maximum atomic E-state index is 12.5. The maximum Gasteiger partial charge on any atom is 0.348 e. The first kappa shape index (κ1) is 25.0. The topological polar surface area (TPSA) is 75.7 Å². The summed E-state index contributed by atoms with van der Waals surface area (Å²) in [6.07, 6.45) is 7.77. The van der Waals surface area contributed by atoms with E-state index < -0.39 is 6.04 Å². The van der Waals surface area contributed by atoms with Crippen LogP contribution in [0.2, 0.25) is 0 Å². The molecule has 0 spiro atoms. The SMILES string of the molecule is CCCCCCc1ccc(N2C(=O)NC(=O)C2CCCc2ccc(C(=O)OC(C)C)s2)cc1. The van der Waals surface area contributed by atoms with Gasteiger partial charge in [0.2, 0.25) is 0 Å². The van der Waals surface area contributed by atoms with Crippen molar-refractivity contribution in [3.05, 3.63) is 51.7 Å². The Labute approximate surface area is 200 Å². The normalized spacial score (nSPS) is 15.9. The van der Waals surface area contributed by atoms with Crippen LogP contribution >= 0.6 is 11.3 Å². The number of hydrogen-bond acceptors (Lipinski definition) is 5. The number of nitrogens with one attached hydrogen (secondary N) is 1. The summed E-state index contributed by atoms with van der Waals surface area (Å²) in [5.74, 6) is -0.557. The number of anilines is 1. The number of aryl methyl sites for hydroxylation is 2. The van der Waals surface area contributed by atoms with Crippen LogP contribution in [0.15, 0.2) is 36.4 Å². The molecular formula is C26H34N2O4S.